The second kappa shape index (κ2) is 7.72. The molecule has 4 heterocycles. The van der Waals surface area contributed by atoms with Gasteiger partial charge in [0.05, 0.1) is 24.1 Å². The number of ether oxygens (including phenoxy) is 1. The number of rotatable bonds is 3. The van der Waals surface area contributed by atoms with Crippen LogP contribution < -0.4 is 11.1 Å². The summed E-state index contributed by atoms with van der Waals surface area (Å²) in [6.45, 7) is 6.36. The minimum absolute atomic E-state index is 0.100. The third-order valence-corrected chi connectivity index (χ3v) is 5.78. The van der Waals surface area contributed by atoms with Gasteiger partial charge >= 0.3 is 6.09 Å². The molecule has 5 rings (SSSR count). The lowest BCUT2D eigenvalue weighted by Gasteiger charge is -2.30. The number of pyridine rings is 1. The molecule has 1 aliphatic heterocycles. The lowest BCUT2D eigenvalue weighted by molar-refractivity contribution is 0.0222. The molecule has 0 atom stereocenters. The predicted molar refractivity (Wildman–Crippen MR) is 122 cm³/mol. The van der Waals surface area contributed by atoms with Crippen molar-refractivity contribution in [3.63, 3.8) is 0 Å². The highest BCUT2D eigenvalue weighted by Gasteiger charge is 2.30. The average molecular weight is 450 g/mol. The van der Waals surface area contributed by atoms with Crippen LogP contribution >= 0.6 is 0 Å². The van der Waals surface area contributed by atoms with Crippen molar-refractivity contribution in [2.75, 3.05) is 17.6 Å². The number of nitrogens with two attached hydrogens (primary N) is 1. The van der Waals surface area contributed by atoms with Crippen molar-refractivity contribution in [1.82, 2.24) is 24.5 Å². The SMILES string of the molecule is CC(C)(C)OC(=O)N1CCc2nc3c(C(=O)Nc4cnccc4C4CC4)c(N)nn3cc2C1. The van der Waals surface area contributed by atoms with Gasteiger partial charge in [0.2, 0.25) is 0 Å². The number of nitrogen functional groups attached to an aromatic ring is 1. The molecule has 3 N–H and O–H groups in total. The molecule has 2 aliphatic rings. The average Bonchev–Trinajstić information content (AvgIpc) is 3.53. The zero-order valence-corrected chi connectivity index (χ0v) is 19.0. The Balaban J connectivity index is 1.42. The summed E-state index contributed by atoms with van der Waals surface area (Å²) in [4.78, 5) is 36.1. The molecule has 2 amide bonds. The molecule has 0 bridgehead atoms. The highest BCUT2D eigenvalue weighted by molar-refractivity contribution is 6.11. The van der Waals surface area contributed by atoms with E-state index >= 15 is 0 Å². The van der Waals surface area contributed by atoms with E-state index in [2.05, 4.69) is 15.4 Å². The van der Waals surface area contributed by atoms with Crippen LogP contribution in [0.1, 0.15) is 66.7 Å². The number of hydrogen-bond acceptors (Lipinski definition) is 7. The second-order valence-corrected chi connectivity index (χ2v) is 9.58. The van der Waals surface area contributed by atoms with E-state index in [0.29, 0.717) is 36.8 Å². The van der Waals surface area contributed by atoms with Gasteiger partial charge in [-0.05, 0) is 51.2 Å². The molecule has 1 saturated carbocycles. The first-order valence-electron chi connectivity index (χ1n) is 11.1. The zero-order valence-electron chi connectivity index (χ0n) is 19.0. The monoisotopic (exact) mass is 449 g/mol. The van der Waals surface area contributed by atoms with E-state index in [4.69, 9.17) is 15.5 Å². The highest BCUT2D eigenvalue weighted by atomic mass is 16.6. The maximum Gasteiger partial charge on any atom is 0.410 e. The van der Waals surface area contributed by atoms with E-state index in [1.165, 1.54) is 4.52 Å². The van der Waals surface area contributed by atoms with Gasteiger partial charge in [-0.3, -0.25) is 9.78 Å². The van der Waals surface area contributed by atoms with Crippen molar-refractivity contribution in [3.8, 4) is 0 Å². The standard InChI is InChI=1S/C23H27N7O3/c1-23(2,3)33-22(32)29-9-7-16-14(11-29)12-30-20(26-16)18(19(24)28-30)21(31)27-17-10-25-8-6-15(17)13-4-5-13/h6,8,10,12-13H,4-5,7,9,11H2,1-3H3,(H2,24,28)(H,27,31). The lowest BCUT2D eigenvalue weighted by Crippen LogP contribution is -2.40. The molecule has 3 aromatic rings. The number of anilines is 2. The van der Waals surface area contributed by atoms with Gasteiger partial charge in [0, 0.05) is 30.9 Å². The van der Waals surface area contributed by atoms with E-state index < -0.39 is 5.60 Å². The maximum absolute atomic E-state index is 13.2. The summed E-state index contributed by atoms with van der Waals surface area (Å²) in [7, 11) is 0. The largest absolute Gasteiger partial charge is 0.444 e. The third kappa shape index (κ3) is 4.20. The van der Waals surface area contributed by atoms with Crippen LogP contribution in [-0.2, 0) is 17.7 Å². The van der Waals surface area contributed by atoms with Crippen molar-refractivity contribution in [2.45, 2.75) is 58.1 Å². The highest BCUT2D eigenvalue weighted by Crippen LogP contribution is 2.43. The quantitative estimate of drug-likeness (QED) is 0.629. The first-order valence-corrected chi connectivity index (χ1v) is 11.1. The van der Waals surface area contributed by atoms with Crippen LogP contribution in [0.15, 0.2) is 24.7 Å². The summed E-state index contributed by atoms with van der Waals surface area (Å²) in [5, 5.41) is 7.25. The molecule has 3 aromatic heterocycles. The van der Waals surface area contributed by atoms with Crippen LogP contribution in [0.4, 0.5) is 16.3 Å². The predicted octanol–water partition coefficient (Wildman–Crippen LogP) is 3.13. The number of nitrogens with one attached hydrogen (secondary N) is 1. The van der Waals surface area contributed by atoms with Gasteiger partial charge < -0.3 is 20.7 Å². The number of fused-ring (bicyclic) bond motifs is 2. The van der Waals surface area contributed by atoms with Crippen molar-refractivity contribution >= 4 is 29.2 Å². The Morgan fingerprint density at radius 2 is 2.06 bits per heavy atom. The molecule has 0 aromatic carbocycles. The summed E-state index contributed by atoms with van der Waals surface area (Å²) in [6.07, 6.45) is 7.58. The number of carbonyl (C=O) groups is 2. The molecule has 172 valence electrons. The Hall–Kier alpha value is -3.69. The molecule has 0 spiro atoms. The molecule has 0 unspecified atom stereocenters. The molecule has 10 heteroatoms. The van der Waals surface area contributed by atoms with Crippen LogP contribution in [0.2, 0.25) is 0 Å². The maximum atomic E-state index is 13.2. The summed E-state index contributed by atoms with van der Waals surface area (Å²) in [6, 6.07) is 1.94. The van der Waals surface area contributed by atoms with Gasteiger partial charge in [-0.1, -0.05) is 0 Å². The van der Waals surface area contributed by atoms with Gasteiger partial charge in [-0.25, -0.2) is 14.3 Å². The van der Waals surface area contributed by atoms with Crippen LogP contribution in [0.25, 0.3) is 5.65 Å². The molecular weight excluding hydrogens is 422 g/mol. The smallest absolute Gasteiger partial charge is 0.410 e. The summed E-state index contributed by atoms with van der Waals surface area (Å²) in [5.41, 5.74) is 9.63. The Morgan fingerprint density at radius 3 is 2.79 bits per heavy atom. The van der Waals surface area contributed by atoms with Gasteiger partial charge in [-0.15, -0.1) is 5.10 Å². The number of carbonyl (C=O) groups excluding carboxylic acids is 2. The summed E-state index contributed by atoms with van der Waals surface area (Å²) >= 11 is 0. The Kier molecular flexibility index (Phi) is 4.95. The first kappa shape index (κ1) is 21.2. The lowest BCUT2D eigenvalue weighted by atomic mass is 10.1. The fourth-order valence-electron chi connectivity index (χ4n) is 4.08. The molecule has 10 nitrogen and oxygen atoms in total. The number of amides is 2. The minimum Gasteiger partial charge on any atom is -0.444 e. The number of nitrogens with zero attached hydrogens (tertiary/aromatic N) is 5. The third-order valence-electron chi connectivity index (χ3n) is 5.78. The van der Waals surface area contributed by atoms with Crippen LogP contribution in [0.3, 0.4) is 0 Å². The fraction of sp³-hybridized carbons (Fsp3) is 0.435. The molecule has 1 fully saturated rings. The Labute approximate surface area is 191 Å². The minimum atomic E-state index is -0.564. The summed E-state index contributed by atoms with van der Waals surface area (Å²) < 4.78 is 6.99. The fourth-order valence-corrected chi connectivity index (χ4v) is 4.08. The van der Waals surface area contributed by atoms with Gasteiger partial charge in [0.1, 0.15) is 11.2 Å². The Morgan fingerprint density at radius 1 is 1.27 bits per heavy atom. The first-order chi connectivity index (χ1) is 15.7. The molecular formula is C23H27N7O3. The zero-order chi connectivity index (χ0) is 23.3. The van der Waals surface area contributed by atoms with Gasteiger partial charge in [0.25, 0.3) is 5.91 Å². The molecule has 33 heavy (non-hydrogen) atoms. The van der Waals surface area contributed by atoms with Crippen LogP contribution in [0.5, 0.6) is 0 Å². The molecule has 0 saturated heterocycles. The van der Waals surface area contributed by atoms with Crippen LogP contribution in [0, 0.1) is 0 Å². The van der Waals surface area contributed by atoms with Crippen molar-refractivity contribution in [1.29, 1.82) is 0 Å². The number of aromatic nitrogens is 4. The van der Waals surface area contributed by atoms with E-state index in [-0.39, 0.29) is 23.4 Å². The van der Waals surface area contributed by atoms with E-state index in [0.717, 1.165) is 29.7 Å². The number of hydrogen-bond donors (Lipinski definition) is 2. The topological polar surface area (TPSA) is 128 Å². The second-order valence-electron chi connectivity index (χ2n) is 9.58. The van der Waals surface area contributed by atoms with E-state index in [9.17, 15) is 9.59 Å². The van der Waals surface area contributed by atoms with E-state index in [1.54, 1.807) is 23.5 Å². The van der Waals surface area contributed by atoms with Crippen molar-refractivity contribution in [3.05, 3.63) is 47.0 Å². The summed E-state index contributed by atoms with van der Waals surface area (Å²) in [5.74, 6) is 0.196. The van der Waals surface area contributed by atoms with Crippen molar-refractivity contribution in [2.24, 2.45) is 0 Å². The van der Waals surface area contributed by atoms with Gasteiger partial charge in [-0.2, -0.15) is 0 Å². The molecule has 1 aliphatic carbocycles. The normalized spacial score (nSPS) is 15.9. The van der Waals surface area contributed by atoms with Crippen LogP contribution in [-0.4, -0.2) is 48.6 Å². The van der Waals surface area contributed by atoms with Gasteiger partial charge in [0.15, 0.2) is 11.5 Å². The molecule has 0 radical (unpaired) electrons. The van der Waals surface area contributed by atoms with E-state index in [1.807, 2.05) is 26.8 Å². The Bertz CT molecular complexity index is 1260. The van der Waals surface area contributed by atoms with Crippen molar-refractivity contribution < 1.29 is 14.3 Å².